The smallest absolute Gasteiger partial charge is 0.407 e. The summed E-state index contributed by atoms with van der Waals surface area (Å²) in [7, 11) is 0. The molecule has 2 aromatic carbocycles. The quantitative estimate of drug-likeness (QED) is 0.783. The predicted octanol–water partition coefficient (Wildman–Crippen LogP) is 2.99. The number of alkyl carbamates (subject to hydrolysis) is 1. The van der Waals surface area contributed by atoms with Gasteiger partial charge in [-0.3, -0.25) is 8.75 Å². The van der Waals surface area contributed by atoms with Crippen LogP contribution in [0, 0.1) is 0 Å². The lowest BCUT2D eigenvalue weighted by Gasteiger charge is -2.07. The van der Waals surface area contributed by atoms with Crippen molar-refractivity contribution in [3.8, 4) is 0 Å². The Morgan fingerprint density at radius 2 is 1.83 bits per heavy atom. The molecule has 0 saturated carbocycles. The second-order valence-electron chi connectivity index (χ2n) is 4.97. The van der Waals surface area contributed by atoms with E-state index < -0.39 is 6.09 Å². The standard InChI is InChI=1S/C17H16N2O3S/c20-16-14-8-4-5-9-15(14)23-19(16)10-11-22-17(21)18-12-13-6-2-1-3-7-13/h1-9H,10-12H2,(H,18,21). The van der Waals surface area contributed by atoms with E-state index in [0.717, 1.165) is 10.3 Å². The normalized spacial score (nSPS) is 10.6. The van der Waals surface area contributed by atoms with Crippen LogP contribution in [-0.2, 0) is 17.8 Å². The van der Waals surface area contributed by atoms with Crippen LogP contribution in [0.4, 0.5) is 4.79 Å². The maximum atomic E-state index is 12.1. The monoisotopic (exact) mass is 328 g/mol. The molecule has 0 atom stereocenters. The number of amides is 1. The maximum absolute atomic E-state index is 12.1. The number of ether oxygens (including phenoxy) is 1. The first-order chi connectivity index (χ1) is 11.2. The summed E-state index contributed by atoms with van der Waals surface area (Å²) in [5.41, 5.74) is 0.962. The van der Waals surface area contributed by atoms with E-state index in [2.05, 4.69) is 5.32 Å². The third kappa shape index (κ3) is 3.78. The van der Waals surface area contributed by atoms with Crippen molar-refractivity contribution in [2.75, 3.05) is 6.61 Å². The van der Waals surface area contributed by atoms with Crippen LogP contribution in [0.2, 0.25) is 0 Å². The third-order valence-corrected chi connectivity index (χ3v) is 4.48. The van der Waals surface area contributed by atoms with Gasteiger partial charge in [-0.05, 0) is 17.7 Å². The summed E-state index contributed by atoms with van der Waals surface area (Å²) in [5.74, 6) is 0. The third-order valence-electron chi connectivity index (χ3n) is 3.36. The summed E-state index contributed by atoms with van der Waals surface area (Å²) < 4.78 is 7.66. The molecular formula is C17H16N2O3S. The van der Waals surface area contributed by atoms with Crippen molar-refractivity contribution in [2.24, 2.45) is 0 Å². The molecule has 1 N–H and O–H groups in total. The SMILES string of the molecule is O=C(NCc1ccccc1)OCCn1sc2ccccc2c1=O. The number of carbonyl (C=O) groups is 1. The number of carbonyl (C=O) groups excluding carboxylic acids is 1. The molecule has 1 aromatic heterocycles. The Labute approximate surface area is 137 Å². The lowest BCUT2D eigenvalue weighted by Crippen LogP contribution is -2.26. The molecule has 3 aromatic rings. The van der Waals surface area contributed by atoms with E-state index in [1.165, 1.54) is 11.5 Å². The minimum Gasteiger partial charge on any atom is -0.448 e. The van der Waals surface area contributed by atoms with Crippen LogP contribution in [0.3, 0.4) is 0 Å². The molecular weight excluding hydrogens is 312 g/mol. The van der Waals surface area contributed by atoms with Gasteiger partial charge in [0.1, 0.15) is 6.61 Å². The van der Waals surface area contributed by atoms with Crippen LogP contribution in [0.25, 0.3) is 10.1 Å². The summed E-state index contributed by atoms with van der Waals surface area (Å²) in [6.45, 7) is 0.937. The average molecular weight is 328 g/mol. The molecule has 5 nitrogen and oxygen atoms in total. The molecule has 118 valence electrons. The molecule has 0 aliphatic heterocycles. The largest absolute Gasteiger partial charge is 0.448 e. The van der Waals surface area contributed by atoms with Crippen molar-refractivity contribution in [3.05, 3.63) is 70.5 Å². The number of hydrogen-bond acceptors (Lipinski definition) is 4. The van der Waals surface area contributed by atoms with E-state index in [9.17, 15) is 9.59 Å². The van der Waals surface area contributed by atoms with Gasteiger partial charge in [-0.1, -0.05) is 54.0 Å². The van der Waals surface area contributed by atoms with Crippen molar-refractivity contribution in [2.45, 2.75) is 13.1 Å². The predicted molar refractivity (Wildman–Crippen MR) is 90.7 cm³/mol. The van der Waals surface area contributed by atoms with Gasteiger partial charge in [0.05, 0.1) is 16.6 Å². The Balaban J connectivity index is 1.49. The van der Waals surface area contributed by atoms with Crippen LogP contribution in [-0.4, -0.2) is 16.7 Å². The number of nitrogens with zero attached hydrogens (tertiary/aromatic N) is 1. The highest BCUT2D eigenvalue weighted by molar-refractivity contribution is 7.13. The molecule has 0 radical (unpaired) electrons. The minimum atomic E-state index is -0.483. The van der Waals surface area contributed by atoms with Gasteiger partial charge in [0.2, 0.25) is 0 Å². The van der Waals surface area contributed by atoms with E-state index in [1.807, 2.05) is 48.5 Å². The Hall–Kier alpha value is -2.60. The van der Waals surface area contributed by atoms with Crippen molar-refractivity contribution < 1.29 is 9.53 Å². The Morgan fingerprint density at radius 1 is 1.09 bits per heavy atom. The molecule has 1 heterocycles. The Morgan fingerprint density at radius 3 is 2.61 bits per heavy atom. The van der Waals surface area contributed by atoms with Gasteiger partial charge in [-0.25, -0.2) is 4.79 Å². The maximum Gasteiger partial charge on any atom is 0.407 e. The first kappa shape index (κ1) is 15.3. The number of aromatic nitrogens is 1. The summed E-state index contributed by atoms with van der Waals surface area (Å²) in [6.07, 6.45) is -0.483. The zero-order valence-corrected chi connectivity index (χ0v) is 13.2. The van der Waals surface area contributed by atoms with Gasteiger partial charge < -0.3 is 10.1 Å². The lowest BCUT2D eigenvalue weighted by atomic mass is 10.2. The van der Waals surface area contributed by atoms with E-state index in [0.29, 0.717) is 18.5 Å². The number of rotatable bonds is 5. The summed E-state index contributed by atoms with van der Waals surface area (Å²) in [6, 6.07) is 17.1. The Kier molecular flexibility index (Phi) is 4.73. The minimum absolute atomic E-state index is 0.0427. The highest BCUT2D eigenvalue weighted by Crippen LogP contribution is 2.15. The second-order valence-corrected chi connectivity index (χ2v) is 6.03. The van der Waals surface area contributed by atoms with Crippen LogP contribution < -0.4 is 10.9 Å². The average Bonchev–Trinajstić information content (AvgIpc) is 2.91. The van der Waals surface area contributed by atoms with Gasteiger partial charge in [-0.15, -0.1) is 0 Å². The first-order valence-corrected chi connectivity index (χ1v) is 8.05. The number of hydrogen-bond donors (Lipinski definition) is 1. The first-order valence-electron chi connectivity index (χ1n) is 7.27. The fourth-order valence-corrected chi connectivity index (χ4v) is 3.18. The topological polar surface area (TPSA) is 60.3 Å². The van der Waals surface area contributed by atoms with Crippen LogP contribution in [0.5, 0.6) is 0 Å². The van der Waals surface area contributed by atoms with E-state index in [4.69, 9.17) is 4.74 Å². The van der Waals surface area contributed by atoms with Crippen LogP contribution in [0.15, 0.2) is 59.4 Å². The lowest BCUT2D eigenvalue weighted by molar-refractivity contribution is 0.142. The molecule has 0 fully saturated rings. The molecule has 6 heteroatoms. The van der Waals surface area contributed by atoms with Gasteiger partial charge in [-0.2, -0.15) is 0 Å². The zero-order chi connectivity index (χ0) is 16.1. The highest BCUT2D eigenvalue weighted by Gasteiger charge is 2.07. The van der Waals surface area contributed by atoms with E-state index in [-0.39, 0.29) is 12.2 Å². The van der Waals surface area contributed by atoms with Gasteiger partial charge in [0, 0.05) is 6.54 Å². The van der Waals surface area contributed by atoms with Crippen LogP contribution in [0.1, 0.15) is 5.56 Å². The molecule has 0 saturated heterocycles. The van der Waals surface area contributed by atoms with Gasteiger partial charge >= 0.3 is 6.09 Å². The summed E-state index contributed by atoms with van der Waals surface area (Å²) >= 11 is 1.38. The molecule has 0 spiro atoms. The summed E-state index contributed by atoms with van der Waals surface area (Å²) in [5, 5.41) is 3.38. The van der Waals surface area contributed by atoms with Gasteiger partial charge in [0.25, 0.3) is 5.56 Å². The Bertz CT molecular complexity index is 855. The molecule has 0 aliphatic rings. The van der Waals surface area contributed by atoms with Crippen molar-refractivity contribution in [3.63, 3.8) is 0 Å². The molecule has 23 heavy (non-hydrogen) atoms. The number of benzene rings is 2. The molecule has 0 bridgehead atoms. The molecule has 0 aliphatic carbocycles. The molecule has 3 rings (SSSR count). The fourth-order valence-electron chi connectivity index (χ4n) is 2.21. The fraction of sp³-hybridized carbons (Fsp3) is 0.176. The van der Waals surface area contributed by atoms with E-state index >= 15 is 0 Å². The van der Waals surface area contributed by atoms with Crippen LogP contribution >= 0.6 is 11.5 Å². The highest BCUT2D eigenvalue weighted by atomic mass is 32.1. The molecule has 1 amide bonds. The zero-order valence-electron chi connectivity index (χ0n) is 12.4. The van der Waals surface area contributed by atoms with Crippen molar-refractivity contribution in [1.82, 2.24) is 9.27 Å². The van der Waals surface area contributed by atoms with Crippen molar-refractivity contribution in [1.29, 1.82) is 0 Å². The number of fused-ring (bicyclic) bond motifs is 1. The van der Waals surface area contributed by atoms with E-state index in [1.54, 1.807) is 10.0 Å². The second kappa shape index (κ2) is 7.11. The number of nitrogens with one attached hydrogen (secondary N) is 1. The van der Waals surface area contributed by atoms with Crippen molar-refractivity contribution >= 4 is 27.7 Å². The summed E-state index contributed by atoms with van der Waals surface area (Å²) in [4.78, 5) is 23.8. The van der Waals surface area contributed by atoms with Gasteiger partial charge in [0.15, 0.2) is 0 Å². The molecule has 0 unspecified atom stereocenters.